The summed E-state index contributed by atoms with van der Waals surface area (Å²) in [5.41, 5.74) is 1.78. The first kappa shape index (κ1) is 33.1. The van der Waals surface area contributed by atoms with E-state index in [9.17, 15) is 25.2 Å². The first-order valence-electron chi connectivity index (χ1n) is 17.9. The highest BCUT2D eigenvalue weighted by atomic mass is 16.3. The predicted octanol–water partition coefficient (Wildman–Crippen LogP) is 6.15. The van der Waals surface area contributed by atoms with Crippen LogP contribution in [0, 0.1) is 39.9 Å². The third-order valence-corrected chi connectivity index (χ3v) is 14.1. The highest BCUT2D eigenvalue weighted by molar-refractivity contribution is 5.95. The van der Waals surface area contributed by atoms with Gasteiger partial charge in [0.1, 0.15) is 0 Å². The van der Waals surface area contributed by atoms with Crippen molar-refractivity contribution in [3.63, 3.8) is 0 Å². The summed E-state index contributed by atoms with van der Waals surface area (Å²) in [6, 6.07) is 0. The Morgan fingerprint density at radius 1 is 1.09 bits per heavy atom. The van der Waals surface area contributed by atoms with Crippen molar-refractivity contribution in [2.24, 2.45) is 39.9 Å². The lowest BCUT2D eigenvalue weighted by atomic mass is 9.46. The zero-order valence-corrected chi connectivity index (χ0v) is 28.3. The minimum atomic E-state index is -1.10. The molecule has 5 aliphatic carbocycles. The van der Waals surface area contributed by atoms with Crippen molar-refractivity contribution < 1.29 is 25.2 Å². The zero-order valence-electron chi connectivity index (χ0n) is 28.3. The maximum atomic E-state index is 13.6. The lowest BCUT2D eigenvalue weighted by Crippen LogP contribution is -2.61. The second-order valence-corrected chi connectivity index (χ2v) is 16.9. The van der Waals surface area contributed by atoms with E-state index >= 15 is 0 Å². The molecule has 4 saturated carbocycles. The summed E-state index contributed by atoms with van der Waals surface area (Å²) < 4.78 is 2.14. The van der Waals surface area contributed by atoms with E-state index in [0.717, 1.165) is 50.6 Å². The molecule has 0 aliphatic heterocycles. The number of carbonyl (C=O) groups excluding carboxylic acids is 1. The molecule has 1 heterocycles. The minimum Gasteiger partial charge on any atom is -0.393 e. The largest absolute Gasteiger partial charge is 0.393 e. The Morgan fingerprint density at radius 3 is 2.51 bits per heavy atom. The molecule has 10 atom stereocenters. The number of rotatable bonds is 8. The van der Waals surface area contributed by atoms with Gasteiger partial charge in [0.25, 0.3) is 0 Å². The van der Waals surface area contributed by atoms with Gasteiger partial charge in [-0.1, -0.05) is 52.2 Å². The molecule has 0 aromatic carbocycles. The van der Waals surface area contributed by atoms with Crippen LogP contribution < -0.4 is 0 Å². The van der Waals surface area contributed by atoms with Crippen molar-refractivity contribution in [1.29, 1.82) is 0 Å². The third kappa shape index (κ3) is 5.52. The Balaban J connectivity index is 1.24. The molecule has 1 aromatic heterocycles. The van der Waals surface area contributed by atoms with Gasteiger partial charge in [-0.2, -0.15) is 0 Å². The molecule has 0 spiro atoms. The van der Waals surface area contributed by atoms with Gasteiger partial charge in [-0.25, -0.2) is 4.98 Å². The zero-order chi connectivity index (χ0) is 32.4. The Morgan fingerprint density at radius 2 is 1.82 bits per heavy atom. The summed E-state index contributed by atoms with van der Waals surface area (Å²) in [5, 5.41) is 45.8. The van der Waals surface area contributed by atoms with Crippen molar-refractivity contribution in [1.82, 2.24) is 9.55 Å². The van der Waals surface area contributed by atoms with Gasteiger partial charge in [0.15, 0.2) is 5.78 Å². The standard InChI is InChI=1S/C38H58N2O5/c1-24(31(41)19-28(25-9-7-6-8-10-25)35(2,3)15-17-40-18-16-39-23-40)26-12-14-38(45)29-20-32(42)30-21-33(43)34(44)22-36(30,4)27(29)11-13-37(26,38)5/h16,18,20,23-24,26-27,30-31,33-34,41,43-45H,6-15,17,19,21-22H2,1-5H3/t24-,26+,27-,30-,31+,33+,34-,36+,37+,38+/m0/s1. The average Bonchev–Trinajstić information content (AvgIpc) is 3.62. The second kappa shape index (κ2) is 12.0. The van der Waals surface area contributed by atoms with E-state index in [1.807, 2.05) is 18.7 Å². The number of fused-ring (bicyclic) bond motifs is 5. The summed E-state index contributed by atoms with van der Waals surface area (Å²) in [7, 11) is 0. The molecule has 1 aromatic rings. The van der Waals surface area contributed by atoms with Crippen LogP contribution in [0.15, 0.2) is 41.5 Å². The fourth-order valence-electron chi connectivity index (χ4n) is 11.1. The Bertz CT molecular complexity index is 1310. The molecule has 7 nitrogen and oxygen atoms in total. The van der Waals surface area contributed by atoms with Gasteiger partial charge in [-0.3, -0.25) is 4.79 Å². The summed E-state index contributed by atoms with van der Waals surface area (Å²) in [6.45, 7) is 12.1. The topological polar surface area (TPSA) is 116 Å². The highest BCUT2D eigenvalue weighted by Crippen LogP contribution is 2.68. The number of hydrogen-bond donors (Lipinski definition) is 4. The first-order valence-corrected chi connectivity index (χ1v) is 17.9. The van der Waals surface area contributed by atoms with Gasteiger partial charge < -0.3 is 25.0 Å². The molecule has 7 heteroatoms. The van der Waals surface area contributed by atoms with Crippen LogP contribution >= 0.6 is 0 Å². The number of ketones is 1. The second-order valence-electron chi connectivity index (χ2n) is 16.9. The molecule has 4 fully saturated rings. The van der Waals surface area contributed by atoms with E-state index in [-0.39, 0.29) is 41.3 Å². The minimum absolute atomic E-state index is 0.000841. The summed E-state index contributed by atoms with van der Waals surface area (Å²) in [6.07, 6.45) is 16.6. The number of imidazole rings is 1. The molecule has 250 valence electrons. The number of aliphatic hydroxyl groups excluding tert-OH is 3. The normalized spacial score (nSPS) is 39.8. The lowest BCUT2D eigenvalue weighted by Gasteiger charge is -2.60. The van der Waals surface area contributed by atoms with E-state index < -0.39 is 34.7 Å². The first-order chi connectivity index (χ1) is 21.2. The Hall–Kier alpha value is -1.80. The number of aryl methyl sites for hydroxylation is 1. The number of allylic oxidation sites excluding steroid dienone is 2. The summed E-state index contributed by atoms with van der Waals surface area (Å²) >= 11 is 0. The van der Waals surface area contributed by atoms with Gasteiger partial charge in [0, 0.05) is 30.3 Å². The van der Waals surface area contributed by atoms with Crippen molar-refractivity contribution in [3.05, 3.63) is 41.5 Å². The van der Waals surface area contributed by atoms with Crippen LogP contribution in [0.2, 0.25) is 0 Å². The van der Waals surface area contributed by atoms with Gasteiger partial charge in [-0.15, -0.1) is 0 Å². The molecule has 0 bridgehead atoms. The third-order valence-electron chi connectivity index (χ3n) is 14.1. The quantitative estimate of drug-likeness (QED) is 0.259. The molecule has 0 radical (unpaired) electrons. The molecule has 4 N–H and O–H groups in total. The van der Waals surface area contributed by atoms with E-state index in [2.05, 4.69) is 44.2 Å². The molecule has 0 amide bonds. The van der Waals surface area contributed by atoms with Gasteiger partial charge in [0.05, 0.1) is 30.2 Å². The monoisotopic (exact) mass is 622 g/mol. The van der Waals surface area contributed by atoms with Crippen molar-refractivity contribution >= 4 is 5.78 Å². The maximum absolute atomic E-state index is 13.6. The van der Waals surface area contributed by atoms with Gasteiger partial charge in [-0.05, 0) is 117 Å². The molecule has 5 aliphatic rings. The van der Waals surface area contributed by atoms with Gasteiger partial charge in [0.2, 0.25) is 0 Å². The van der Waals surface area contributed by atoms with Crippen molar-refractivity contribution in [3.8, 4) is 0 Å². The van der Waals surface area contributed by atoms with Gasteiger partial charge >= 0.3 is 0 Å². The van der Waals surface area contributed by atoms with Crippen LogP contribution in [0.3, 0.4) is 0 Å². The maximum Gasteiger partial charge on any atom is 0.159 e. The molecule has 6 rings (SSSR count). The average molecular weight is 623 g/mol. The number of aromatic nitrogens is 2. The summed E-state index contributed by atoms with van der Waals surface area (Å²) in [4.78, 5) is 17.8. The van der Waals surface area contributed by atoms with Crippen LogP contribution in [0.25, 0.3) is 0 Å². The SMILES string of the molecule is C[C@H]([C@H](O)CC(=C1CCCCC1)C(C)(C)CCn1ccnc1)[C@H]1CC[C@@]2(O)C3=CC(=O)[C@@H]4C[C@@H](O)[C@@H](O)C[C@]4(C)[C@H]3CC[C@]12C. The molecule has 0 unspecified atom stereocenters. The summed E-state index contributed by atoms with van der Waals surface area (Å²) in [5.74, 6) is -0.188. The van der Waals surface area contributed by atoms with Crippen LogP contribution in [-0.4, -0.2) is 59.7 Å². The lowest BCUT2D eigenvalue weighted by molar-refractivity contribution is -0.154. The number of carbonyl (C=O) groups is 1. The molecular formula is C38H58N2O5. The van der Waals surface area contributed by atoms with Crippen LogP contribution in [0.5, 0.6) is 0 Å². The fraction of sp³-hybridized carbons (Fsp3) is 0.789. The van der Waals surface area contributed by atoms with E-state index in [1.54, 1.807) is 11.6 Å². The molecular weight excluding hydrogens is 564 g/mol. The van der Waals surface area contributed by atoms with Crippen LogP contribution in [-0.2, 0) is 11.3 Å². The Kier molecular flexibility index (Phi) is 8.84. The number of hydrogen-bond acceptors (Lipinski definition) is 6. The van der Waals surface area contributed by atoms with Crippen LogP contribution in [0.1, 0.15) is 118 Å². The van der Waals surface area contributed by atoms with Crippen LogP contribution in [0.4, 0.5) is 0 Å². The number of nitrogens with zero attached hydrogens (tertiary/aromatic N) is 2. The smallest absolute Gasteiger partial charge is 0.159 e. The highest BCUT2D eigenvalue weighted by Gasteiger charge is 2.67. The van der Waals surface area contributed by atoms with E-state index in [4.69, 9.17) is 0 Å². The van der Waals surface area contributed by atoms with Crippen molar-refractivity contribution in [2.45, 2.75) is 149 Å². The molecule has 0 saturated heterocycles. The van der Waals surface area contributed by atoms with E-state index in [0.29, 0.717) is 19.3 Å². The fourth-order valence-corrected chi connectivity index (χ4v) is 11.1. The predicted molar refractivity (Wildman–Crippen MR) is 175 cm³/mol. The van der Waals surface area contributed by atoms with Crippen molar-refractivity contribution in [2.75, 3.05) is 0 Å². The molecule has 45 heavy (non-hydrogen) atoms. The Labute approximate surface area is 270 Å². The number of aliphatic hydroxyl groups is 4. The van der Waals surface area contributed by atoms with E-state index in [1.165, 1.54) is 24.8 Å².